The van der Waals surface area contributed by atoms with Crippen LogP contribution in [0.5, 0.6) is 0 Å². The van der Waals surface area contributed by atoms with Gasteiger partial charge >= 0.3 is 5.97 Å². The quantitative estimate of drug-likeness (QED) is 0.785. The predicted octanol–water partition coefficient (Wildman–Crippen LogP) is 2.51. The molecule has 2 aliphatic rings. The fourth-order valence-electron chi connectivity index (χ4n) is 3.38. The summed E-state index contributed by atoms with van der Waals surface area (Å²) in [5.74, 6) is -0.595. The molecule has 2 unspecified atom stereocenters. The number of carboxylic acids is 1. The number of carboxylic acid groups (broad SMARTS) is 1. The fraction of sp³-hybridized carbons (Fsp3) is 0.923. The highest BCUT2D eigenvalue weighted by Crippen LogP contribution is 2.40. The predicted molar refractivity (Wildman–Crippen MR) is 63.4 cm³/mol. The number of carbonyl (C=O) groups is 1. The summed E-state index contributed by atoms with van der Waals surface area (Å²) in [4.78, 5) is 13.9. The number of hydrogen-bond acceptors (Lipinski definition) is 2. The van der Waals surface area contributed by atoms with Crippen molar-refractivity contribution in [3.63, 3.8) is 0 Å². The lowest BCUT2D eigenvalue weighted by Crippen LogP contribution is -2.53. The molecule has 1 saturated carbocycles. The van der Waals surface area contributed by atoms with Crippen LogP contribution in [0.4, 0.5) is 0 Å². The molecule has 0 aromatic carbocycles. The normalized spacial score (nSPS) is 37.2. The van der Waals surface area contributed by atoms with Crippen molar-refractivity contribution in [1.29, 1.82) is 0 Å². The zero-order valence-corrected chi connectivity index (χ0v) is 10.2. The van der Waals surface area contributed by atoms with E-state index >= 15 is 0 Å². The highest BCUT2D eigenvalue weighted by molar-refractivity contribution is 5.75. The van der Waals surface area contributed by atoms with Crippen molar-refractivity contribution in [1.82, 2.24) is 4.90 Å². The molecule has 3 nitrogen and oxygen atoms in total. The van der Waals surface area contributed by atoms with E-state index in [1.165, 1.54) is 25.7 Å². The van der Waals surface area contributed by atoms with Gasteiger partial charge in [-0.05, 0) is 45.7 Å². The molecule has 0 bridgehead atoms. The molecule has 2 rings (SSSR count). The van der Waals surface area contributed by atoms with Crippen molar-refractivity contribution in [2.45, 2.75) is 57.9 Å². The first-order chi connectivity index (χ1) is 7.64. The summed E-state index contributed by atoms with van der Waals surface area (Å²) in [6.07, 6.45) is 7.99. The van der Waals surface area contributed by atoms with E-state index in [4.69, 9.17) is 0 Å². The van der Waals surface area contributed by atoms with Gasteiger partial charge in [0.25, 0.3) is 0 Å². The van der Waals surface area contributed by atoms with Crippen molar-refractivity contribution >= 4 is 5.97 Å². The van der Waals surface area contributed by atoms with Gasteiger partial charge in [-0.3, -0.25) is 9.69 Å². The second-order valence-electron chi connectivity index (χ2n) is 5.58. The number of nitrogens with zero attached hydrogens (tertiary/aromatic N) is 1. The molecule has 1 heterocycles. The van der Waals surface area contributed by atoms with Crippen molar-refractivity contribution in [3.8, 4) is 0 Å². The lowest BCUT2D eigenvalue weighted by atomic mass is 9.70. The summed E-state index contributed by atoms with van der Waals surface area (Å²) in [6.45, 7) is 4.16. The molecule has 0 aromatic heterocycles. The SMILES string of the molecule is CC1(C(=O)O)CCCCC1N1CCCCC1. The molecule has 2 fully saturated rings. The lowest BCUT2D eigenvalue weighted by Gasteiger charge is -2.46. The van der Waals surface area contributed by atoms with Gasteiger partial charge in [-0.15, -0.1) is 0 Å². The first kappa shape index (κ1) is 11.9. The Morgan fingerprint density at radius 1 is 1.19 bits per heavy atom. The van der Waals surface area contributed by atoms with Crippen LogP contribution >= 0.6 is 0 Å². The van der Waals surface area contributed by atoms with Gasteiger partial charge in [0, 0.05) is 6.04 Å². The standard InChI is InChI=1S/C13H23NO2/c1-13(12(15)16)8-4-3-7-11(13)14-9-5-2-6-10-14/h11H,2-10H2,1H3,(H,15,16). The van der Waals surface area contributed by atoms with Gasteiger partial charge < -0.3 is 5.11 Å². The molecule has 16 heavy (non-hydrogen) atoms. The highest BCUT2D eigenvalue weighted by Gasteiger charge is 2.45. The number of aliphatic carboxylic acids is 1. The number of likely N-dealkylation sites (tertiary alicyclic amines) is 1. The molecule has 0 aromatic rings. The van der Waals surface area contributed by atoms with E-state index in [1.807, 2.05) is 6.92 Å². The van der Waals surface area contributed by atoms with E-state index in [0.29, 0.717) is 0 Å². The number of hydrogen-bond donors (Lipinski definition) is 1. The van der Waals surface area contributed by atoms with Crippen LogP contribution in [0.2, 0.25) is 0 Å². The van der Waals surface area contributed by atoms with Gasteiger partial charge in [-0.2, -0.15) is 0 Å². The average molecular weight is 225 g/mol. The molecule has 2 atom stereocenters. The van der Waals surface area contributed by atoms with Gasteiger partial charge in [0.05, 0.1) is 5.41 Å². The van der Waals surface area contributed by atoms with E-state index in [1.54, 1.807) is 0 Å². The topological polar surface area (TPSA) is 40.5 Å². The summed E-state index contributed by atoms with van der Waals surface area (Å²) in [6, 6.07) is 0.277. The van der Waals surface area contributed by atoms with Crippen molar-refractivity contribution in [3.05, 3.63) is 0 Å². The van der Waals surface area contributed by atoms with E-state index < -0.39 is 11.4 Å². The smallest absolute Gasteiger partial charge is 0.310 e. The summed E-state index contributed by atoms with van der Waals surface area (Å²) in [5, 5.41) is 9.47. The van der Waals surface area contributed by atoms with Gasteiger partial charge in [-0.25, -0.2) is 0 Å². The number of rotatable bonds is 2. The van der Waals surface area contributed by atoms with Crippen LogP contribution in [0.3, 0.4) is 0 Å². The van der Waals surface area contributed by atoms with Gasteiger partial charge in [0.2, 0.25) is 0 Å². The van der Waals surface area contributed by atoms with Crippen LogP contribution in [0.25, 0.3) is 0 Å². The van der Waals surface area contributed by atoms with Crippen LogP contribution in [0.1, 0.15) is 51.9 Å². The Morgan fingerprint density at radius 2 is 1.88 bits per heavy atom. The third-order valence-electron chi connectivity index (χ3n) is 4.48. The Balaban J connectivity index is 2.12. The van der Waals surface area contributed by atoms with Crippen molar-refractivity contribution < 1.29 is 9.90 Å². The third kappa shape index (κ3) is 2.10. The minimum absolute atomic E-state index is 0.277. The Labute approximate surface area is 97.8 Å². The first-order valence-corrected chi connectivity index (χ1v) is 6.62. The van der Waals surface area contributed by atoms with Crippen LogP contribution < -0.4 is 0 Å². The Morgan fingerprint density at radius 3 is 2.50 bits per heavy atom. The number of piperidine rings is 1. The van der Waals surface area contributed by atoms with Crippen LogP contribution in [0.15, 0.2) is 0 Å². The molecule has 0 amide bonds. The molecule has 3 heteroatoms. The summed E-state index contributed by atoms with van der Waals surface area (Å²) < 4.78 is 0. The zero-order chi connectivity index (χ0) is 11.6. The molecule has 1 aliphatic carbocycles. The Hall–Kier alpha value is -0.570. The average Bonchev–Trinajstić information content (AvgIpc) is 2.30. The van der Waals surface area contributed by atoms with Gasteiger partial charge in [0.15, 0.2) is 0 Å². The summed E-state index contributed by atoms with van der Waals surface area (Å²) >= 11 is 0. The maximum atomic E-state index is 11.5. The molecule has 1 N–H and O–H groups in total. The molecule has 1 saturated heterocycles. The van der Waals surface area contributed by atoms with Crippen LogP contribution in [-0.4, -0.2) is 35.1 Å². The van der Waals surface area contributed by atoms with Crippen molar-refractivity contribution in [2.24, 2.45) is 5.41 Å². The molecular weight excluding hydrogens is 202 g/mol. The van der Waals surface area contributed by atoms with E-state index in [9.17, 15) is 9.90 Å². The maximum Gasteiger partial charge on any atom is 0.310 e. The van der Waals surface area contributed by atoms with E-state index in [-0.39, 0.29) is 6.04 Å². The fourth-order valence-corrected chi connectivity index (χ4v) is 3.38. The zero-order valence-electron chi connectivity index (χ0n) is 10.2. The van der Waals surface area contributed by atoms with Crippen LogP contribution in [0, 0.1) is 5.41 Å². The summed E-state index contributed by atoms with van der Waals surface area (Å²) in [5.41, 5.74) is -0.504. The molecule has 1 aliphatic heterocycles. The Kier molecular flexibility index (Phi) is 3.53. The van der Waals surface area contributed by atoms with E-state index in [2.05, 4.69) is 4.90 Å². The largest absolute Gasteiger partial charge is 0.481 e. The second kappa shape index (κ2) is 4.74. The minimum atomic E-state index is -0.595. The molecule has 0 spiro atoms. The van der Waals surface area contributed by atoms with E-state index in [0.717, 1.165) is 32.4 Å². The molecular formula is C13H23NO2. The molecule has 0 radical (unpaired) electrons. The van der Waals surface area contributed by atoms with Crippen LogP contribution in [-0.2, 0) is 4.79 Å². The monoisotopic (exact) mass is 225 g/mol. The maximum absolute atomic E-state index is 11.5. The summed E-state index contributed by atoms with van der Waals surface area (Å²) in [7, 11) is 0. The minimum Gasteiger partial charge on any atom is -0.481 e. The second-order valence-corrected chi connectivity index (χ2v) is 5.58. The van der Waals surface area contributed by atoms with Crippen molar-refractivity contribution in [2.75, 3.05) is 13.1 Å². The molecule has 92 valence electrons. The van der Waals surface area contributed by atoms with Gasteiger partial charge in [-0.1, -0.05) is 19.3 Å². The first-order valence-electron chi connectivity index (χ1n) is 6.62. The van der Waals surface area contributed by atoms with Gasteiger partial charge in [0.1, 0.15) is 0 Å². The lowest BCUT2D eigenvalue weighted by molar-refractivity contribution is -0.155. The highest BCUT2D eigenvalue weighted by atomic mass is 16.4. The third-order valence-corrected chi connectivity index (χ3v) is 4.48. The Bertz CT molecular complexity index is 261.